The van der Waals surface area contributed by atoms with E-state index in [4.69, 9.17) is 4.74 Å². The van der Waals surface area contributed by atoms with Gasteiger partial charge in [0, 0.05) is 45.0 Å². The number of hydrogen-bond acceptors (Lipinski definition) is 4. The normalized spacial score (nSPS) is 17.8. The van der Waals surface area contributed by atoms with Crippen molar-refractivity contribution in [3.63, 3.8) is 0 Å². The van der Waals surface area contributed by atoms with Crippen molar-refractivity contribution in [3.8, 4) is 5.75 Å². The monoisotopic (exact) mass is 319 g/mol. The first-order valence-electron chi connectivity index (χ1n) is 8.26. The maximum absolute atomic E-state index is 12.9. The van der Waals surface area contributed by atoms with Crippen LogP contribution in [0, 0.1) is 0 Å². The molecule has 0 radical (unpaired) electrons. The van der Waals surface area contributed by atoms with Crippen LogP contribution in [-0.2, 0) is 4.79 Å². The number of benzene rings is 1. The second-order valence-electron chi connectivity index (χ2n) is 6.77. The lowest BCUT2D eigenvalue weighted by Gasteiger charge is -2.44. The summed E-state index contributed by atoms with van der Waals surface area (Å²) in [6, 6.07) is 8.30. The summed E-state index contributed by atoms with van der Waals surface area (Å²) in [6.07, 6.45) is 1.61. The highest BCUT2D eigenvalue weighted by Crippen LogP contribution is 2.30. The van der Waals surface area contributed by atoms with Crippen LogP contribution in [0.3, 0.4) is 0 Å². The average Bonchev–Trinajstić information content (AvgIpc) is 2.54. The van der Waals surface area contributed by atoms with Gasteiger partial charge >= 0.3 is 0 Å². The number of likely N-dealkylation sites (tertiary alicyclic amines) is 1. The molecule has 0 aliphatic carbocycles. The van der Waals surface area contributed by atoms with Crippen molar-refractivity contribution >= 4 is 11.6 Å². The molecule has 0 bridgehead atoms. The van der Waals surface area contributed by atoms with E-state index < -0.39 is 5.54 Å². The number of anilines is 1. The molecule has 0 aromatic heterocycles. The van der Waals surface area contributed by atoms with Crippen LogP contribution >= 0.6 is 0 Å². The molecule has 1 N–H and O–H groups in total. The predicted octanol–water partition coefficient (Wildman–Crippen LogP) is 2.44. The van der Waals surface area contributed by atoms with Gasteiger partial charge in [0.1, 0.15) is 11.3 Å². The molecule has 1 saturated heterocycles. The fraction of sp³-hybridized carbons (Fsp3) is 0.611. The van der Waals surface area contributed by atoms with Gasteiger partial charge in [-0.3, -0.25) is 4.79 Å². The Morgan fingerprint density at radius 1 is 1.30 bits per heavy atom. The van der Waals surface area contributed by atoms with E-state index in [9.17, 15) is 4.79 Å². The molecule has 1 heterocycles. The number of likely N-dealkylation sites (N-methyl/N-ethyl adjacent to an activating group) is 1. The zero-order valence-electron chi connectivity index (χ0n) is 14.9. The van der Waals surface area contributed by atoms with Gasteiger partial charge in [0.15, 0.2) is 0 Å². The van der Waals surface area contributed by atoms with Gasteiger partial charge in [-0.1, -0.05) is 6.07 Å². The number of nitrogens with zero attached hydrogens (tertiary/aromatic N) is 2. The molecule has 0 atom stereocenters. The van der Waals surface area contributed by atoms with Gasteiger partial charge in [-0.25, -0.2) is 0 Å². The third kappa shape index (κ3) is 3.96. The number of ether oxygens (including phenoxy) is 1. The number of piperidine rings is 1. The van der Waals surface area contributed by atoms with E-state index in [2.05, 4.69) is 24.1 Å². The van der Waals surface area contributed by atoms with E-state index in [1.165, 1.54) is 0 Å². The largest absolute Gasteiger partial charge is 0.497 e. The minimum Gasteiger partial charge on any atom is -0.497 e. The second kappa shape index (κ2) is 7.21. The first-order chi connectivity index (χ1) is 10.9. The van der Waals surface area contributed by atoms with Crippen LogP contribution in [0.2, 0.25) is 0 Å². The quantitative estimate of drug-likeness (QED) is 0.905. The summed E-state index contributed by atoms with van der Waals surface area (Å²) in [5, 5.41) is 3.51. The van der Waals surface area contributed by atoms with Gasteiger partial charge in [-0.05, 0) is 38.8 Å². The zero-order valence-corrected chi connectivity index (χ0v) is 14.9. The van der Waals surface area contributed by atoms with Crippen molar-refractivity contribution < 1.29 is 9.53 Å². The maximum atomic E-state index is 12.9. The fourth-order valence-electron chi connectivity index (χ4n) is 3.22. The second-order valence-corrected chi connectivity index (χ2v) is 6.77. The number of carbonyl (C=O) groups is 1. The first kappa shape index (κ1) is 17.6. The molecule has 1 aromatic rings. The molecular weight excluding hydrogens is 290 g/mol. The molecule has 5 heteroatoms. The van der Waals surface area contributed by atoms with E-state index in [1.54, 1.807) is 12.0 Å². The number of carbonyl (C=O) groups excluding carboxylic acids is 1. The summed E-state index contributed by atoms with van der Waals surface area (Å²) < 4.78 is 5.29. The van der Waals surface area contributed by atoms with Crippen molar-refractivity contribution in [2.75, 3.05) is 39.6 Å². The van der Waals surface area contributed by atoms with Crippen LogP contribution in [0.25, 0.3) is 0 Å². The Morgan fingerprint density at radius 2 is 1.96 bits per heavy atom. The van der Waals surface area contributed by atoms with Crippen molar-refractivity contribution in [2.24, 2.45) is 0 Å². The lowest BCUT2D eigenvalue weighted by molar-refractivity contribution is -0.135. The van der Waals surface area contributed by atoms with Gasteiger partial charge in [-0.2, -0.15) is 0 Å². The summed E-state index contributed by atoms with van der Waals surface area (Å²) in [4.78, 5) is 17.0. The standard InChI is InChI=1S/C18H29N3O2/c1-14(2)21-11-9-18(10-12-21,17(22)20(3)4)19-15-7-6-8-16(13-15)23-5/h6-8,13-14,19H,9-12H2,1-5H3. The smallest absolute Gasteiger partial charge is 0.247 e. The van der Waals surface area contributed by atoms with Gasteiger partial charge in [0.05, 0.1) is 7.11 Å². The van der Waals surface area contributed by atoms with Crippen molar-refractivity contribution in [2.45, 2.75) is 38.3 Å². The number of amides is 1. The Bertz CT molecular complexity index is 535. The van der Waals surface area contributed by atoms with Crippen molar-refractivity contribution in [1.29, 1.82) is 0 Å². The predicted molar refractivity (Wildman–Crippen MR) is 94.0 cm³/mol. The molecule has 1 fully saturated rings. The molecule has 1 aliphatic rings. The summed E-state index contributed by atoms with van der Waals surface area (Å²) in [5.41, 5.74) is 0.388. The van der Waals surface area contributed by atoms with Crippen molar-refractivity contribution in [1.82, 2.24) is 9.80 Å². The SMILES string of the molecule is COc1cccc(NC2(C(=O)N(C)C)CCN(C(C)C)CC2)c1. The third-order valence-electron chi connectivity index (χ3n) is 4.65. The zero-order chi connectivity index (χ0) is 17.0. The van der Waals surface area contributed by atoms with E-state index in [-0.39, 0.29) is 5.91 Å². The summed E-state index contributed by atoms with van der Waals surface area (Å²) >= 11 is 0. The number of rotatable bonds is 5. The molecule has 0 saturated carbocycles. The summed E-state index contributed by atoms with van der Waals surface area (Å²) in [6.45, 7) is 6.26. The van der Waals surface area contributed by atoms with Crippen LogP contribution < -0.4 is 10.1 Å². The molecule has 0 spiro atoms. The number of nitrogens with one attached hydrogen (secondary N) is 1. The highest BCUT2D eigenvalue weighted by atomic mass is 16.5. The molecular formula is C18H29N3O2. The lowest BCUT2D eigenvalue weighted by atomic mass is 9.85. The Kier molecular flexibility index (Phi) is 5.52. The Morgan fingerprint density at radius 3 is 2.48 bits per heavy atom. The first-order valence-corrected chi connectivity index (χ1v) is 8.26. The molecule has 0 unspecified atom stereocenters. The average molecular weight is 319 g/mol. The summed E-state index contributed by atoms with van der Waals surface area (Å²) in [5.74, 6) is 0.936. The topological polar surface area (TPSA) is 44.8 Å². The molecule has 1 aliphatic heterocycles. The van der Waals surface area contributed by atoms with Crippen LogP contribution in [-0.4, -0.2) is 61.6 Å². The molecule has 128 valence electrons. The molecule has 5 nitrogen and oxygen atoms in total. The van der Waals surface area contributed by atoms with Crippen LogP contribution in [0.15, 0.2) is 24.3 Å². The Hall–Kier alpha value is -1.75. The number of methoxy groups -OCH3 is 1. The van der Waals surface area contributed by atoms with Crippen LogP contribution in [0.1, 0.15) is 26.7 Å². The van der Waals surface area contributed by atoms with Gasteiger partial charge in [0.2, 0.25) is 5.91 Å². The molecule has 2 rings (SSSR count). The van der Waals surface area contributed by atoms with Gasteiger partial charge in [-0.15, -0.1) is 0 Å². The minimum absolute atomic E-state index is 0.142. The molecule has 1 aromatic carbocycles. The minimum atomic E-state index is -0.540. The number of hydrogen-bond donors (Lipinski definition) is 1. The van der Waals surface area contributed by atoms with Crippen LogP contribution in [0.4, 0.5) is 5.69 Å². The van der Waals surface area contributed by atoms with E-state index in [0.717, 1.165) is 37.4 Å². The molecule has 23 heavy (non-hydrogen) atoms. The van der Waals surface area contributed by atoms with E-state index in [1.807, 2.05) is 38.4 Å². The van der Waals surface area contributed by atoms with E-state index >= 15 is 0 Å². The summed E-state index contributed by atoms with van der Waals surface area (Å²) in [7, 11) is 5.30. The fourth-order valence-corrected chi connectivity index (χ4v) is 3.22. The highest BCUT2D eigenvalue weighted by Gasteiger charge is 2.42. The molecule has 1 amide bonds. The lowest BCUT2D eigenvalue weighted by Crippen LogP contribution is -2.58. The maximum Gasteiger partial charge on any atom is 0.247 e. The Labute approximate surface area is 139 Å². The third-order valence-corrected chi connectivity index (χ3v) is 4.65. The van der Waals surface area contributed by atoms with Crippen molar-refractivity contribution in [3.05, 3.63) is 24.3 Å². The van der Waals surface area contributed by atoms with E-state index in [0.29, 0.717) is 6.04 Å². The van der Waals surface area contributed by atoms with Gasteiger partial charge < -0.3 is 19.9 Å². The Balaban J connectivity index is 2.23. The van der Waals surface area contributed by atoms with Gasteiger partial charge in [0.25, 0.3) is 0 Å². The highest BCUT2D eigenvalue weighted by molar-refractivity contribution is 5.89. The van der Waals surface area contributed by atoms with Crippen LogP contribution in [0.5, 0.6) is 5.75 Å².